The predicted molar refractivity (Wildman–Crippen MR) is 176 cm³/mol. The molecule has 0 saturated heterocycles. The average molecular weight is 647 g/mol. The van der Waals surface area contributed by atoms with Gasteiger partial charge in [-0.15, -0.1) is 0 Å². The molecule has 256 valence electrons. The SMILES string of the molecule is CONC(=O)O[C@H]1/C(C)=C/[C@H](C)[C@@H](O)[C@@H](OC)C[C@H](C)Cc2c(O)c(cc(O)c2N=CCN(C)C)NC(=O)/C(C)=C/C=C[C@@H]1OC. The molecule has 0 unspecified atom stereocenters. The van der Waals surface area contributed by atoms with Crippen molar-refractivity contribution in [3.63, 3.8) is 0 Å². The first-order valence-electron chi connectivity index (χ1n) is 15.1. The molecule has 1 aliphatic heterocycles. The van der Waals surface area contributed by atoms with E-state index in [1.54, 1.807) is 38.3 Å². The Kier molecular flexibility index (Phi) is 15.4. The zero-order chi connectivity index (χ0) is 34.6. The number of benzene rings is 1. The van der Waals surface area contributed by atoms with E-state index in [0.29, 0.717) is 24.1 Å². The highest BCUT2D eigenvalue weighted by molar-refractivity contribution is 6.04. The van der Waals surface area contributed by atoms with Crippen LogP contribution in [-0.2, 0) is 30.3 Å². The summed E-state index contributed by atoms with van der Waals surface area (Å²) in [5, 5.41) is 36.4. The number of allylic oxidation sites excluding steroid dienone is 2. The van der Waals surface area contributed by atoms with E-state index in [1.807, 2.05) is 32.8 Å². The zero-order valence-corrected chi connectivity index (χ0v) is 28.2. The van der Waals surface area contributed by atoms with Crippen LogP contribution in [0, 0.1) is 11.8 Å². The van der Waals surface area contributed by atoms with Crippen LogP contribution in [0.1, 0.15) is 39.7 Å². The molecule has 0 aromatic heterocycles. The third-order valence-electron chi connectivity index (χ3n) is 7.65. The van der Waals surface area contributed by atoms with Crippen LogP contribution in [0.5, 0.6) is 11.5 Å². The lowest BCUT2D eigenvalue weighted by atomic mass is 9.87. The van der Waals surface area contributed by atoms with E-state index in [9.17, 15) is 24.9 Å². The maximum absolute atomic E-state index is 13.1. The zero-order valence-electron chi connectivity index (χ0n) is 28.2. The lowest BCUT2D eigenvalue weighted by Gasteiger charge is -2.29. The Labute approximate surface area is 271 Å². The first-order valence-corrected chi connectivity index (χ1v) is 15.1. The second kappa shape index (κ2) is 18.4. The van der Waals surface area contributed by atoms with Crippen molar-refractivity contribution in [1.29, 1.82) is 0 Å². The van der Waals surface area contributed by atoms with Crippen molar-refractivity contribution >= 4 is 29.6 Å². The van der Waals surface area contributed by atoms with Crippen LogP contribution in [0.3, 0.4) is 0 Å². The largest absolute Gasteiger partial charge is 0.506 e. The van der Waals surface area contributed by atoms with E-state index in [1.165, 1.54) is 33.5 Å². The van der Waals surface area contributed by atoms with Crippen LogP contribution < -0.4 is 10.8 Å². The highest BCUT2D eigenvalue weighted by Gasteiger charge is 2.30. The number of aromatic hydroxyl groups is 2. The summed E-state index contributed by atoms with van der Waals surface area (Å²) in [7, 11) is 8.01. The van der Waals surface area contributed by atoms with Gasteiger partial charge < -0.3 is 39.7 Å². The van der Waals surface area contributed by atoms with Gasteiger partial charge in [0.15, 0.2) is 6.10 Å². The minimum Gasteiger partial charge on any atom is -0.506 e. The molecule has 1 aromatic carbocycles. The summed E-state index contributed by atoms with van der Waals surface area (Å²) >= 11 is 0. The van der Waals surface area contributed by atoms with Gasteiger partial charge >= 0.3 is 6.09 Å². The second-order valence-corrected chi connectivity index (χ2v) is 11.8. The van der Waals surface area contributed by atoms with Gasteiger partial charge in [0.1, 0.15) is 23.3 Å². The number of ether oxygens (including phenoxy) is 3. The van der Waals surface area contributed by atoms with Gasteiger partial charge in [-0.2, -0.15) is 5.48 Å². The third-order valence-corrected chi connectivity index (χ3v) is 7.65. The highest BCUT2D eigenvalue weighted by Crippen LogP contribution is 2.44. The number of fused-ring (bicyclic) bond motifs is 2. The minimum atomic E-state index is -0.953. The molecule has 0 spiro atoms. The topological polar surface area (TPSA) is 171 Å². The number of hydroxylamine groups is 1. The minimum absolute atomic E-state index is 0.0232. The summed E-state index contributed by atoms with van der Waals surface area (Å²) in [4.78, 5) is 36.5. The smallest absolute Gasteiger partial charge is 0.431 e. The lowest BCUT2D eigenvalue weighted by molar-refractivity contribution is -0.112. The number of phenols is 2. The molecule has 2 bridgehead atoms. The number of aliphatic hydroxyl groups is 1. The van der Waals surface area contributed by atoms with Gasteiger partial charge in [-0.1, -0.05) is 38.2 Å². The third kappa shape index (κ3) is 11.0. The first kappa shape index (κ1) is 38.4. The molecule has 1 aromatic rings. The fraction of sp³-hybridized carbons (Fsp3) is 0.545. The average Bonchev–Trinajstić information content (AvgIpc) is 2.99. The number of hydrogen-bond donors (Lipinski definition) is 5. The maximum atomic E-state index is 13.1. The number of rotatable bonds is 7. The quantitative estimate of drug-likeness (QED) is 0.0958. The van der Waals surface area contributed by atoms with Gasteiger partial charge in [-0.3, -0.25) is 14.6 Å². The number of carbonyl (C=O) groups excluding carboxylic acids is 2. The molecule has 2 amide bonds. The fourth-order valence-electron chi connectivity index (χ4n) is 5.13. The number of hydrogen-bond acceptors (Lipinski definition) is 11. The van der Waals surface area contributed by atoms with Crippen LogP contribution in [0.2, 0.25) is 0 Å². The number of aliphatic imine (C=N–C) groups is 1. The van der Waals surface area contributed by atoms with Crippen molar-refractivity contribution in [2.45, 2.75) is 65.0 Å². The summed E-state index contributed by atoms with van der Waals surface area (Å²) in [5.41, 5.74) is 3.59. The van der Waals surface area contributed by atoms with E-state index in [0.717, 1.165) is 0 Å². The molecule has 0 saturated carbocycles. The van der Waals surface area contributed by atoms with Crippen LogP contribution >= 0.6 is 0 Å². The Morgan fingerprint density at radius 2 is 1.87 bits per heavy atom. The Morgan fingerprint density at radius 1 is 1.17 bits per heavy atom. The van der Waals surface area contributed by atoms with Crippen molar-refractivity contribution in [3.8, 4) is 11.5 Å². The van der Waals surface area contributed by atoms with E-state index in [2.05, 4.69) is 20.6 Å². The van der Waals surface area contributed by atoms with E-state index >= 15 is 0 Å². The molecule has 13 nitrogen and oxygen atoms in total. The van der Waals surface area contributed by atoms with E-state index in [4.69, 9.17) is 14.2 Å². The van der Waals surface area contributed by atoms with Crippen LogP contribution in [-0.4, -0.2) is 105 Å². The number of methoxy groups -OCH3 is 2. The Bertz CT molecular complexity index is 1310. The number of amides is 2. The molecular formula is C33H50N4O9. The fourth-order valence-corrected chi connectivity index (χ4v) is 5.13. The molecular weight excluding hydrogens is 596 g/mol. The van der Waals surface area contributed by atoms with Gasteiger partial charge in [0, 0.05) is 50.1 Å². The van der Waals surface area contributed by atoms with Gasteiger partial charge in [0.25, 0.3) is 5.91 Å². The monoisotopic (exact) mass is 646 g/mol. The predicted octanol–water partition coefficient (Wildman–Crippen LogP) is 4.01. The number of aliphatic hydroxyl groups excluding tert-OH is 1. The van der Waals surface area contributed by atoms with Gasteiger partial charge in [-0.25, -0.2) is 4.79 Å². The Balaban J connectivity index is 2.68. The number of phenolic OH excluding ortho intramolecular Hbond substituents is 2. The number of nitrogens with zero attached hydrogens (tertiary/aromatic N) is 2. The van der Waals surface area contributed by atoms with Crippen molar-refractivity contribution in [2.24, 2.45) is 16.8 Å². The first-order chi connectivity index (χ1) is 21.7. The van der Waals surface area contributed by atoms with Crippen molar-refractivity contribution in [2.75, 3.05) is 47.3 Å². The molecule has 5 N–H and O–H groups in total. The van der Waals surface area contributed by atoms with Crippen LogP contribution in [0.25, 0.3) is 0 Å². The number of nitrogens with one attached hydrogen (secondary N) is 2. The molecule has 1 heterocycles. The summed E-state index contributed by atoms with van der Waals surface area (Å²) in [6.45, 7) is 7.60. The summed E-state index contributed by atoms with van der Waals surface area (Å²) in [5.74, 6) is -1.55. The number of anilines is 1. The van der Waals surface area contributed by atoms with Crippen molar-refractivity contribution in [3.05, 3.63) is 47.1 Å². The molecule has 2 rings (SSSR count). The number of carbonyl (C=O) groups is 2. The Hall–Kier alpha value is -3.75. The highest BCUT2D eigenvalue weighted by atomic mass is 16.7. The van der Waals surface area contributed by atoms with Crippen molar-refractivity contribution < 1.29 is 44.0 Å². The molecule has 0 radical (unpaired) electrons. The van der Waals surface area contributed by atoms with E-state index < -0.39 is 42.3 Å². The lowest BCUT2D eigenvalue weighted by Crippen LogP contribution is -2.38. The molecule has 13 heteroatoms. The van der Waals surface area contributed by atoms with E-state index in [-0.39, 0.29) is 40.8 Å². The van der Waals surface area contributed by atoms with Crippen molar-refractivity contribution in [1.82, 2.24) is 10.4 Å². The van der Waals surface area contributed by atoms with Gasteiger partial charge in [0.2, 0.25) is 0 Å². The molecule has 6 atom stereocenters. The Morgan fingerprint density at radius 3 is 2.48 bits per heavy atom. The second-order valence-electron chi connectivity index (χ2n) is 11.8. The summed E-state index contributed by atoms with van der Waals surface area (Å²) < 4.78 is 17.0. The molecule has 0 fully saturated rings. The summed E-state index contributed by atoms with van der Waals surface area (Å²) in [6.07, 6.45) is 4.70. The standard InChI is InChI=1S/C33H50N4O9/c1-19-15-23-28(34-13-14-37(5)6)25(38)18-24(30(23)40)35-32(41)20(2)11-10-12-26(43-7)31(46-33(42)36-45-9)22(4)17-21(3)29(39)27(16-19)44-8/h10-13,17-19,21,26-27,29,31,38-40H,14-16H2,1-9H3,(H,35,41)(H,36,42)/b12-10?,20-11+,22-17+,34-13?/t19-,21+,26+,27+,29-,31+/m1/s1. The maximum Gasteiger partial charge on any atom is 0.431 e. The van der Waals surface area contributed by atoms with Gasteiger partial charge in [-0.05, 0) is 52.3 Å². The van der Waals surface area contributed by atoms with Crippen LogP contribution in [0.4, 0.5) is 16.2 Å². The summed E-state index contributed by atoms with van der Waals surface area (Å²) in [6, 6.07) is 1.27. The molecule has 46 heavy (non-hydrogen) atoms. The molecule has 0 aliphatic carbocycles. The van der Waals surface area contributed by atoms with Gasteiger partial charge in [0.05, 0.1) is 25.0 Å². The van der Waals surface area contributed by atoms with Crippen LogP contribution in [0.15, 0.2) is 46.5 Å². The normalized spacial score (nSPS) is 27.5. The molecule has 1 aliphatic rings.